The van der Waals surface area contributed by atoms with Crippen molar-refractivity contribution in [3.63, 3.8) is 0 Å². The standard InChI is InChI=1S/C16H12FN3S/c1-20-15-7-6-13(17)8-14(15)19-16(20)21-10-12-5-3-2-4-11(12)9-18/h2-8H,10H2,1H3. The average Bonchev–Trinajstić information content (AvgIpc) is 2.81. The summed E-state index contributed by atoms with van der Waals surface area (Å²) in [5.41, 5.74) is 3.19. The zero-order valence-electron chi connectivity index (χ0n) is 11.4. The molecule has 5 heteroatoms. The van der Waals surface area contributed by atoms with Gasteiger partial charge in [0, 0.05) is 18.9 Å². The molecular weight excluding hydrogens is 285 g/mol. The van der Waals surface area contributed by atoms with E-state index in [1.54, 1.807) is 12.1 Å². The first-order chi connectivity index (χ1) is 10.2. The second kappa shape index (κ2) is 5.58. The van der Waals surface area contributed by atoms with E-state index < -0.39 is 0 Å². The zero-order valence-corrected chi connectivity index (χ0v) is 12.2. The van der Waals surface area contributed by atoms with Crippen LogP contribution in [0.5, 0.6) is 0 Å². The summed E-state index contributed by atoms with van der Waals surface area (Å²) in [5.74, 6) is 0.371. The molecule has 0 N–H and O–H groups in total. The fourth-order valence-electron chi connectivity index (χ4n) is 2.18. The van der Waals surface area contributed by atoms with Gasteiger partial charge in [0.05, 0.1) is 22.7 Å². The highest BCUT2D eigenvalue weighted by atomic mass is 32.2. The molecule has 0 atom stereocenters. The van der Waals surface area contributed by atoms with Crippen LogP contribution in [0.25, 0.3) is 11.0 Å². The molecule has 0 aliphatic heterocycles. The molecule has 1 aromatic heterocycles. The molecule has 0 saturated carbocycles. The Hall–Kier alpha value is -2.32. The van der Waals surface area contributed by atoms with Crippen molar-refractivity contribution in [3.8, 4) is 6.07 Å². The third-order valence-electron chi connectivity index (χ3n) is 3.30. The topological polar surface area (TPSA) is 41.6 Å². The monoisotopic (exact) mass is 297 g/mol. The highest BCUT2D eigenvalue weighted by Gasteiger charge is 2.10. The maximum Gasteiger partial charge on any atom is 0.169 e. The van der Waals surface area contributed by atoms with E-state index in [-0.39, 0.29) is 5.82 Å². The summed E-state index contributed by atoms with van der Waals surface area (Å²) in [7, 11) is 1.91. The van der Waals surface area contributed by atoms with Crippen molar-refractivity contribution < 1.29 is 4.39 Å². The van der Waals surface area contributed by atoms with E-state index >= 15 is 0 Å². The summed E-state index contributed by atoms with van der Waals surface area (Å²) in [6.45, 7) is 0. The van der Waals surface area contributed by atoms with E-state index in [1.807, 2.05) is 29.8 Å². The number of thioether (sulfide) groups is 1. The van der Waals surface area contributed by atoms with Gasteiger partial charge in [-0.05, 0) is 23.8 Å². The fourth-order valence-corrected chi connectivity index (χ4v) is 3.17. The number of hydrogen-bond acceptors (Lipinski definition) is 3. The first kappa shape index (κ1) is 13.7. The second-order valence-electron chi connectivity index (χ2n) is 4.64. The zero-order chi connectivity index (χ0) is 14.8. The number of benzene rings is 2. The molecule has 0 radical (unpaired) electrons. The van der Waals surface area contributed by atoms with Gasteiger partial charge in [0.15, 0.2) is 5.16 Å². The van der Waals surface area contributed by atoms with Crippen molar-refractivity contribution in [2.24, 2.45) is 7.05 Å². The Labute approximate surface area is 126 Å². The number of rotatable bonds is 3. The lowest BCUT2D eigenvalue weighted by molar-refractivity contribution is 0.629. The molecule has 0 amide bonds. The highest BCUT2D eigenvalue weighted by Crippen LogP contribution is 2.27. The van der Waals surface area contributed by atoms with E-state index in [2.05, 4.69) is 11.1 Å². The maximum absolute atomic E-state index is 13.2. The fraction of sp³-hybridized carbons (Fsp3) is 0.125. The van der Waals surface area contributed by atoms with E-state index in [9.17, 15) is 4.39 Å². The van der Waals surface area contributed by atoms with Crippen molar-refractivity contribution in [3.05, 3.63) is 59.4 Å². The molecule has 0 saturated heterocycles. The van der Waals surface area contributed by atoms with Crippen molar-refractivity contribution in [1.29, 1.82) is 5.26 Å². The largest absolute Gasteiger partial charge is 0.322 e. The Morgan fingerprint density at radius 2 is 2.10 bits per heavy atom. The van der Waals surface area contributed by atoms with Crippen LogP contribution in [-0.2, 0) is 12.8 Å². The number of aromatic nitrogens is 2. The predicted octanol–water partition coefficient (Wildman–Crippen LogP) is 3.88. The Morgan fingerprint density at radius 3 is 2.90 bits per heavy atom. The molecule has 0 spiro atoms. The van der Waals surface area contributed by atoms with E-state index in [0.29, 0.717) is 16.8 Å². The number of imidazole rings is 1. The van der Waals surface area contributed by atoms with Crippen LogP contribution in [0, 0.1) is 17.1 Å². The van der Waals surface area contributed by atoms with E-state index in [1.165, 1.54) is 23.9 Å². The summed E-state index contributed by atoms with van der Waals surface area (Å²) in [5, 5.41) is 9.90. The van der Waals surface area contributed by atoms with E-state index in [4.69, 9.17) is 5.26 Å². The predicted molar refractivity (Wildman–Crippen MR) is 81.4 cm³/mol. The Bertz CT molecular complexity index is 848. The Kier molecular flexibility index (Phi) is 3.63. The number of nitriles is 1. The number of hydrogen-bond donors (Lipinski definition) is 0. The van der Waals surface area contributed by atoms with Crippen molar-refractivity contribution in [2.45, 2.75) is 10.9 Å². The smallest absolute Gasteiger partial charge is 0.169 e. The van der Waals surface area contributed by atoms with E-state index in [0.717, 1.165) is 16.2 Å². The van der Waals surface area contributed by atoms with Gasteiger partial charge in [0.25, 0.3) is 0 Å². The van der Waals surface area contributed by atoms with Gasteiger partial charge in [0.1, 0.15) is 5.82 Å². The quantitative estimate of drug-likeness (QED) is 0.689. The molecule has 3 aromatic rings. The summed E-state index contributed by atoms with van der Waals surface area (Å²) >= 11 is 1.54. The van der Waals surface area contributed by atoms with Crippen LogP contribution in [-0.4, -0.2) is 9.55 Å². The first-order valence-corrected chi connectivity index (χ1v) is 7.40. The normalized spacial score (nSPS) is 10.7. The summed E-state index contributed by atoms with van der Waals surface area (Å²) < 4.78 is 15.2. The number of aryl methyl sites for hydroxylation is 1. The molecule has 21 heavy (non-hydrogen) atoms. The average molecular weight is 297 g/mol. The Morgan fingerprint density at radius 1 is 1.29 bits per heavy atom. The maximum atomic E-state index is 13.2. The lowest BCUT2D eigenvalue weighted by Crippen LogP contribution is -1.92. The van der Waals surface area contributed by atoms with Gasteiger partial charge in [0.2, 0.25) is 0 Å². The Balaban J connectivity index is 1.89. The van der Waals surface area contributed by atoms with Crippen molar-refractivity contribution >= 4 is 22.8 Å². The first-order valence-electron chi connectivity index (χ1n) is 6.42. The lowest BCUT2D eigenvalue weighted by atomic mass is 10.1. The van der Waals surface area contributed by atoms with Gasteiger partial charge < -0.3 is 4.57 Å². The SMILES string of the molecule is Cn1c(SCc2ccccc2C#N)nc2cc(F)ccc21. The molecule has 2 aromatic carbocycles. The molecule has 1 heterocycles. The van der Waals surface area contributed by atoms with Crippen LogP contribution in [0.1, 0.15) is 11.1 Å². The van der Waals surface area contributed by atoms with Crippen LogP contribution in [0.2, 0.25) is 0 Å². The van der Waals surface area contributed by atoms with Gasteiger partial charge in [-0.2, -0.15) is 5.26 Å². The molecule has 0 unspecified atom stereocenters. The number of halogens is 1. The van der Waals surface area contributed by atoms with Crippen LogP contribution in [0.3, 0.4) is 0 Å². The van der Waals surface area contributed by atoms with Crippen LogP contribution >= 0.6 is 11.8 Å². The van der Waals surface area contributed by atoms with Crippen LogP contribution < -0.4 is 0 Å². The summed E-state index contributed by atoms with van der Waals surface area (Å²) in [6.07, 6.45) is 0. The third kappa shape index (κ3) is 2.63. The third-order valence-corrected chi connectivity index (χ3v) is 4.38. The number of fused-ring (bicyclic) bond motifs is 1. The van der Waals surface area contributed by atoms with Gasteiger partial charge in [-0.15, -0.1) is 0 Å². The van der Waals surface area contributed by atoms with Crippen LogP contribution in [0.15, 0.2) is 47.6 Å². The van der Waals surface area contributed by atoms with Gasteiger partial charge in [-0.1, -0.05) is 30.0 Å². The summed E-state index contributed by atoms with van der Waals surface area (Å²) in [6, 6.07) is 14.3. The van der Waals surface area contributed by atoms with Gasteiger partial charge in [-0.25, -0.2) is 9.37 Å². The van der Waals surface area contributed by atoms with Crippen molar-refractivity contribution in [1.82, 2.24) is 9.55 Å². The number of nitrogens with zero attached hydrogens (tertiary/aromatic N) is 3. The molecule has 0 aliphatic carbocycles. The molecular formula is C16H12FN3S. The molecule has 104 valence electrons. The molecule has 0 fully saturated rings. The molecule has 3 nitrogen and oxygen atoms in total. The minimum Gasteiger partial charge on any atom is -0.322 e. The lowest BCUT2D eigenvalue weighted by Gasteiger charge is -2.04. The highest BCUT2D eigenvalue weighted by molar-refractivity contribution is 7.98. The van der Waals surface area contributed by atoms with Gasteiger partial charge in [-0.3, -0.25) is 0 Å². The minimum absolute atomic E-state index is 0.285. The molecule has 3 rings (SSSR count). The summed E-state index contributed by atoms with van der Waals surface area (Å²) in [4.78, 5) is 4.45. The minimum atomic E-state index is -0.285. The molecule has 0 aliphatic rings. The second-order valence-corrected chi connectivity index (χ2v) is 5.59. The van der Waals surface area contributed by atoms with Crippen molar-refractivity contribution in [2.75, 3.05) is 0 Å². The van der Waals surface area contributed by atoms with Gasteiger partial charge >= 0.3 is 0 Å². The molecule has 0 bridgehead atoms. The van der Waals surface area contributed by atoms with Crippen LogP contribution in [0.4, 0.5) is 4.39 Å².